The van der Waals surface area contributed by atoms with Gasteiger partial charge < -0.3 is 9.47 Å². The first-order chi connectivity index (χ1) is 7.37. The van der Waals surface area contributed by atoms with Gasteiger partial charge in [0, 0.05) is 6.07 Å². The van der Waals surface area contributed by atoms with Crippen LogP contribution in [0.5, 0.6) is 11.5 Å². The third-order valence-corrected chi connectivity index (χ3v) is 1.68. The molecule has 1 heterocycles. The summed E-state index contributed by atoms with van der Waals surface area (Å²) < 4.78 is 44.6. The van der Waals surface area contributed by atoms with Gasteiger partial charge in [0.2, 0.25) is 0 Å². The Kier molecular flexibility index (Phi) is 3.36. The van der Waals surface area contributed by atoms with E-state index >= 15 is 0 Å². The summed E-state index contributed by atoms with van der Waals surface area (Å²) in [7, 11) is 1.19. The highest BCUT2D eigenvalue weighted by atomic mass is 19.4. The monoisotopic (exact) mass is 235 g/mol. The molecule has 0 bridgehead atoms. The molecule has 0 atom stereocenters. The van der Waals surface area contributed by atoms with Crippen molar-refractivity contribution in [2.45, 2.75) is 13.3 Å². The summed E-state index contributed by atoms with van der Waals surface area (Å²) in [6.45, 7) is 1.41. The maximum Gasteiger partial charge on any atom is 0.573 e. The Balaban J connectivity index is 3.23. The van der Waals surface area contributed by atoms with Gasteiger partial charge in [-0.2, -0.15) is 0 Å². The van der Waals surface area contributed by atoms with Gasteiger partial charge in [-0.15, -0.1) is 13.2 Å². The van der Waals surface area contributed by atoms with Gasteiger partial charge in [0.25, 0.3) is 0 Å². The Morgan fingerprint density at radius 3 is 2.50 bits per heavy atom. The number of carbonyl (C=O) groups is 1. The van der Waals surface area contributed by atoms with Crippen molar-refractivity contribution in [3.05, 3.63) is 17.5 Å². The van der Waals surface area contributed by atoms with E-state index < -0.39 is 12.1 Å². The van der Waals surface area contributed by atoms with Gasteiger partial charge in [-0.25, -0.2) is 4.98 Å². The summed E-state index contributed by atoms with van der Waals surface area (Å²) in [6.07, 6.45) is -4.52. The summed E-state index contributed by atoms with van der Waals surface area (Å²) in [5.41, 5.74) is -0.0103. The van der Waals surface area contributed by atoms with E-state index in [1.165, 1.54) is 14.0 Å². The van der Waals surface area contributed by atoms with Crippen LogP contribution < -0.4 is 9.47 Å². The highest BCUT2D eigenvalue weighted by Gasteiger charge is 2.33. The lowest BCUT2D eigenvalue weighted by atomic mass is 10.2. The number of aldehydes is 1. The molecule has 0 radical (unpaired) electrons. The van der Waals surface area contributed by atoms with E-state index in [4.69, 9.17) is 4.74 Å². The molecule has 1 aromatic rings. The fourth-order valence-corrected chi connectivity index (χ4v) is 1.16. The Hall–Kier alpha value is -1.79. The smallest absolute Gasteiger partial charge is 0.491 e. The average molecular weight is 235 g/mol. The molecule has 0 fully saturated rings. The number of aryl methyl sites for hydroxylation is 1. The van der Waals surface area contributed by atoms with E-state index in [1.807, 2.05) is 0 Å². The summed E-state index contributed by atoms with van der Waals surface area (Å²) >= 11 is 0. The second kappa shape index (κ2) is 4.38. The summed E-state index contributed by atoms with van der Waals surface area (Å²) in [4.78, 5) is 14.1. The minimum absolute atomic E-state index is 0.145. The first-order valence-electron chi connectivity index (χ1n) is 4.14. The van der Waals surface area contributed by atoms with Crippen LogP contribution in [0.15, 0.2) is 6.07 Å². The summed E-state index contributed by atoms with van der Waals surface area (Å²) in [5.74, 6) is -0.729. The number of alkyl halides is 3. The maximum absolute atomic E-state index is 12.0. The molecule has 0 saturated carbocycles. The second-order valence-corrected chi connectivity index (χ2v) is 2.83. The Morgan fingerprint density at radius 1 is 1.44 bits per heavy atom. The van der Waals surface area contributed by atoms with Crippen LogP contribution in [0.4, 0.5) is 13.2 Å². The predicted octanol–water partition coefficient (Wildman–Crippen LogP) is 2.11. The molecule has 7 heteroatoms. The highest BCUT2D eigenvalue weighted by Crippen LogP contribution is 2.34. The van der Waals surface area contributed by atoms with E-state index in [0.717, 1.165) is 6.07 Å². The van der Waals surface area contributed by atoms with Crippen molar-refractivity contribution < 1.29 is 27.4 Å². The van der Waals surface area contributed by atoms with Crippen LogP contribution in [-0.2, 0) is 0 Å². The molecule has 0 saturated heterocycles. The van der Waals surface area contributed by atoms with Crippen molar-refractivity contribution in [3.8, 4) is 11.5 Å². The van der Waals surface area contributed by atoms with Crippen LogP contribution >= 0.6 is 0 Å². The van der Waals surface area contributed by atoms with Crippen molar-refractivity contribution in [3.63, 3.8) is 0 Å². The molecule has 16 heavy (non-hydrogen) atoms. The van der Waals surface area contributed by atoms with Crippen LogP contribution in [0.3, 0.4) is 0 Å². The third-order valence-electron chi connectivity index (χ3n) is 1.68. The predicted molar refractivity (Wildman–Crippen MR) is 47.6 cm³/mol. The molecular formula is C9H8F3NO3. The number of rotatable bonds is 3. The number of methoxy groups -OCH3 is 1. The van der Waals surface area contributed by atoms with E-state index in [2.05, 4.69) is 9.72 Å². The normalized spacial score (nSPS) is 11.1. The van der Waals surface area contributed by atoms with Crippen molar-refractivity contribution in [1.29, 1.82) is 0 Å². The molecule has 88 valence electrons. The topological polar surface area (TPSA) is 48.4 Å². The Labute approximate surface area is 89.0 Å². The number of pyridine rings is 1. The minimum Gasteiger partial charge on any atom is -0.491 e. The number of halogens is 3. The third kappa shape index (κ3) is 2.85. The molecule has 0 aliphatic heterocycles. The standard InChI is InChI=1S/C9H8F3NO3/c1-5-8(15-2)7(16-9(10,11)12)3-6(4-14)13-5/h3-4H,1-2H3. The largest absolute Gasteiger partial charge is 0.573 e. The molecule has 4 nitrogen and oxygen atoms in total. The highest BCUT2D eigenvalue weighted by molar-refractivity contribution is 5.73. The van der Waals surface area contributed by atoms with Crippen molar-refractivity contribution >= 4 is 6.29 Å². The van der Waals surface area contributed by atoms with E-state index in [1.54, 1.807) is 0 Å². The lowest BCUT2D eigenvalue weighted by Gasteiger charge is -2.14. The van der Waals surface area contributed by atoms with E-state index in [9.17, 15) is 18.0 Å². The van der Waals surface area contributed by atoms with Gasteiger partial charge in [0.15, 0.2) is 17.8 Å². The SMILES string of the molecule is COc1c(OC(F)(F)F)cc(C=O)nc1C. The van der Waals surface area contributed by atoms with Gasteiger partial charge in [-0.05, 0) is 6.92 Å². The molecular weight excluding hydrogens is 227 g/mol. The fraction of sp³-hybridized carbons (Fsp3) is 0.333. The molecule has 1 aromatic heterocycles. The number of aromatic nitrogens is 1. The molecule has 1 rings (SSSR count). The zero-order valence-electron chi connectivity index (χ0n) is 8.46. The fourth-order valence-electron chi connectivity index (χ4n) is 1.16. The molecule has 0 spiro atoms. The van der Waals surface area contributed by atoms with Gasteiger partial charge >= 0.3 is 6.36 Å². The van der Waals surface area contributed by atoms with Gasteiger partial charge in [-0.3, -0.25) is 4.79 Å². The Morgan fingerprint density at radius 2 is 2.06 bits per heavy atom. The van der Waals surface area contributed by atoms with E-state index in [0.29, 0.717) is 6.29 Å². The van der Waals surface area contributed by atoms with Crippen LogP contribution in [0.25, 0.3) is 0 Å². The van der Waals surface area contributed by atoms with Crippen LogP contribution in [0.2, 0.25) is 0 Å². The summed E-state index contributed by atoms with van der Waals surface area (Å²) in [6, 6.07) is 0.867. The van der Waals surface area contributed by atoms with Crippen LogP contribution in [0.1, 0.15) is 16.2 Å². The molecule has 0 N–H and O–H groups in total. The zero-order valence-corrected chi connectivity index (χ0v) is 8.46. The first-order valence-corrected chi connectivity index (χ1v) is 4.14. The number of ether oxygens (including phenoxy) is 2. The van der Waals surface area contributed by atoms with Crippen molar-refractivity contribution in [2.24, 2.45) is 0 Å². The number of carbonyl (C=O) groups excluding carboxylic acids is 1. The maximum atomic E-state index is 12.0. The van der Waals surface area contributed by atoms with Gasteiger partial charge in [0.1, 0.15) is 5.69 Å². The number of nitrogens with zero attached hydrogens (tertiary/aromatic N) is 1. The Bertz CT molecular complexity index is 404. The van der Waals surface area contributed by atoms with Crippen LogP contribution in [0, 0.1) is 6.92 Å². The molecule has 0 unspecified atom stereocenters. The van der Waals surface area contributed by atoms with Crippen molar-refractivity contribution in [2.75, 3.05) is 7.11 Å². The lowest BCUT2D eigenvalue weighted by Crippen LogP contribution is -2.18. The molecule has 0 aromatic carbocycles. The number of hydrogen-bond acceptors (Lipinski definition) is 4. The van der Waals surface area contributed by atoms with E-state index in [-0.39, 0.29) is 17.1 Å². The van der Waals surface area contributed by atoms with Gasteiger partial charge in [-0.1, -0.05) is 0 Å². The quantitative estimate of drug-likeness (QED) is 0.753. The molecule has 0 aliphatic rings. The zero-order chi connectivity index (χ0) is 12.3. The molecule has 0 amide bonds. The van der Waals surface area contributed by atoms with Crippen LogP contribution in [-0.4, -0.2) is 24.7 Å². The molecule has 0 aliphatic carbocycles. The first kappa shape index (κ1) is 12.3. The lowest BCUT2D eigenvalue weighted by molar-refractivity contribution is -0.275. The minimum atomic E-state index is -4.85. The van der Waals surface area contributed by atoms with Crippen molar-refractivity contribution in [1.82, 2.24) is 4.98 Å². The number of hydrogen-bond donors (Lipinski definition) is 0. The second-order valence-electron chi connectivity index (χ2n) is 2.83. The average Bonchev–Trinajstić information content (AvgIpc) is 2.14. The summed E-state index contributed by atoms with van der Waals surface area (Å²) in [5, 5.41) is 0. The van der Waals surface area contributed by atoms with Gasteiger partial charge in [0.05, 0.1) is 12.8 Å².